The van der Waals surface area contributed by atoms with E-state index in [1.165, 1.54) is 0 Å². The first-order valence-electron chi connectivity index (χ1n) is 7.98. The van der Waals surface area contributed by atoms with Gasteiger partial charge in [0.15, 0.2) is 9.84 Å². The van der Waals surface area contributed by atoms with Crippen molar-refractivity contribution in [2.75, 3.05) is 44.2 Å². The molecule has 0 aromatic heterocycles. The molecule has 0 aromatic carbocycles. The maximum Gasteiger partial charge on any atom is 0.226 e. The van der Waals surface area contributed by atoms with E-state index in [0.717, 1.165) is 13.1 Å². The van der Waals surface area contributed by atoms with Gasteiger partial charge in [0, 0.05) is 32.7 Å². The van der Waals surface area contributed by atoms with Crippen LogP contribution in [0.15, 0.2) is 0 Å². The van der Waals surface area contributed by atoms with Gasteiger partial charge in [-0.15, -0.1) is 0 Å². The molecule has 0 saturated carbocycles. The van der Waals surface area contributed by atoms with Crippen LogP contribution in [0.2, 0.25) is 0 Å². The molecule has 2 fully saturated rings. The molecule has 0 bridgehead atoms. The van der Waals surface area contributed by atoms with Gasteiger partial charge in [0.25, 0.3) is 0 Å². The molecule has 2 aliphatic rings. The lowest BCUT2D eigenvalue weighted by Crippen LogP contribution is -2.53. The number of sulfone groups is 1. The van der Waals surface area contributed by atoms with Crippen LogP contribution in [-0.2, 0) is 14.6 Å². The molecule has 2 aliphatic heterocycles. The van der Waals surface area contributed by atoms with Crippen LogP contribution in [0.1, 0.15) is 27.2 Å². The summed E-state index contributed by atoms with van der Waals surface area (Å²) in [5.41, 5.74) is -0.148. The summed E-state index contributed by atoms with van der Waals surface area (Å²) in [6, 6.07) is 0. The third-order valence-corrected chi connectivity index (χ3v) is 6.46. The molecule has 22 heavy (non-hydrogen) atoms. The molecule has 0 unspecified atom stereocenters. The standard InChI is InChI=1S/C15H28N2O4S/c1-15(2,3)13(18)10-16-5-7-17(8-6-16)14(19)12-4-9-22(20,21)11-12/h12-13,18H,4-11H2,1-3H3/t12-,13-/m1/s1. The average Bonchev–Trinajstić information content (AvgIpc) is 2.78. The summed E-state index contributed by atoms with van der Waals surface area (Å²) in [6.07, 6.45) is 0.0686. The molecular weight excluding hydrogens is 304 g/mol. The van der Waals surface area contributed by atoms with Gasteiger partial charge < -0.3 is 10.0 Å². The van der Waals surface area contributed by atoms with Crippen LogP contribution in [0.4, 0.5) is 0 Å². The van der Waals surface area contributed by atoms with Gasteiger partial charge in [0.1, 0.15) is 0 Å². The van der Waals surface area contributed by atoms with Crippen LogP contribution in [0, 0.1) is 11.3 Å². The van der Waals surface area contributed by atoms with Crippen LogP contribution < -0.4 is 0 Å². The van der Waals surface area contributed by atoms with Gasteiger partial charge in [-0.1, -0.05) is 20.8 Å². The third-order valence-electron chi connectivity index (χ3n) is 4.70. The molecular formula is C15H28N2O4S. The lowest BCUT2D eigenvalue weighted by atomic mass is 9.89. The number of nitrogens with zero attached hydrogens (tertiary/aromatic N) is 2. The number of hydrogen-bond acceptors (Lipinski definition) is 5. The fraction of sp³-hybridized carbons (Fsp3) is 0.933. The van der Waals surface area contributed by atoms with Gasteiger partial charge in [-0.05, 0) is 11.8 Å². The van der Waals surface area contributed by atoms with Crippen molar-refractivity contribution in [2.24, 2.45) is 11.3 Å². The smallest absolute Gasteiger partial charge is 0.226 e. The Balaban J connectivity index is 1.81. The average molecular weight is 332 g/mol. The highest BCUT2D eigenvalue weighted by molar-refractivity contribution is 7.91. The first kappa shape index (κ1) is 17.7. The Labute approximate surface area is 133 Å². The van der Waals surface area contributed by atoms with E-state index in [1.807, 2.05) is 20.8 Å². The van der Waals surface area contributed by atoms with E-state index >= 15 is 0 Å². The summed E-state index contributed by atoms with van der Waals surface area (Å²) in [6.45, 7) is 9.35. The van der Waals surface area contributed by atoms with Crippen LogP contribution in [0.25, 0.3) is 0 Å². The molecule has 2 atom stereocenters. The van der Waals surface area contributed by atoms with Gasteiger partial charge in [0.05, 0.1) is 23.5 Å². The largest absolute Gasteiger partial charge is 0.391 e. The second-order valence-electron chi connectivity index (χ2n) is 7.61. The van der Waals surface area contributed by atoms with E-state index in [9.17, 15) is 18.3 Å². The van der Waals surface area contributed by atoms with Crippen molar-refractivity contribution in [2.45, 2.75) is 33.3 Å². The second-order valence-corrected chi connectivity index (χ2v) is 9.84. The van der Waals surface area contributed by atoms with Gasteiger partial charge in [-0.25, -0.2) is 8.42 Å². The summed E-state index contributed by atoms with van der Waals surface area (Å²) in [5, 5.41) is 10.2. The second kappa shape index (κ2) is 6.45. The summed E-state index contributed by atoms with van der Waals surface area (Å²) < 4.78 is 23.0. The molecule has 0 aliphatic carbocycles. The molecule has 0 radical (unpaired) electrons. The van der Waals surface area contributed by atoms with Crippen molar-refractivity contribution in [1.29, 1.82) is 0 Å². The molecule has 2 heterocycles. The van der Waals surface area contributed by atoms with Gasteiger partial charge in [-0.2, -0.15) is 0 Å². The molecule has 1 amide bonds. The van der Waals surface area contributed by atoms with Crippen molar-refractivity contribution in [3.8, 4) is 0 Å². The van der Waals surface area contributed by atoms with E-state index < -0.39 is 15.9 Å². The Morgan fingerprint density at radius 2 is 1.82 bits per heavy atom. The normalized spacial score (nSPS) is 27.8. The minimum atomic E-state index is -3.01. The first-order valence-corrected chi connectivity index (χ1v) is 9.80. The number of carbonyl (C=O) groups is 1. The van der Waals surface area contributed by atoms with Gasteiger partial charge >= 0.3 is 0 Å². The molecule has 0 aromatic rings. The maximum absolute atomic E-state index is 12.4. The van der Waals surface area contributed by atoms with Crippen LogP contribution in [0.5, 0.6) is 0 Å². The van der Waals surface area contributed by atoms with E-state index in [4.69, 9.17) is 0 Å². The van der Waals surface area contributed by atoms with Crippen molar-refractivity contribution in [3.63, 3.8) is 0 Å². The topological polar surface area (TPSA) is 77.9 Å². The number of rotatable bonds is 3. The van der Waals surface area contributed by atoms with Crippen LogP contribution in [-0.4, -0.2) is 79.6 Å². The summed E-state index contributed by atoms with van der Waals surface area (Å²) in [5.74, 6) is -0.218. The summed E-state index contributed by atoms with van der Waals surface area (Å²) in [7, 11) is -3.01. The Morgan fingerprint density at radius 3 is 2.27 bits per heavy atom. The Bertz CT molecular complexity index is 504. The zero-order valence-corrected chi connectivity index (χ0v) is 14.6. The van der Waals surface area contributed by atoms with Crippen LogP contribution in [0.3, 0.4) is 0 Å². The van der Waals surface area contributed by atoms with Crippen LogP contribution >= 0.6 is 0 Å². The number of aliphatic hydroxyl groups excluding tert-OH is 1. The van der Waals surface area contributed by atoms with Crippen molar-refractivity contribution < 1.29 is 18.3 Å². The predicted octanol–water partition coefficient (Wildman–Crippen LogP) is -0.0277. The molecule has 1 N–H and O–H groups in total. The SMILES string of the molecule is CC(C)(C)[C@H](O)CN1CCN(C(=O)[C@@H]2CCS(=O)(=O)C2)CC1. The number of piperazine rings is 1. The Hall–Kier alpha value is -0.660. The van der Waals surface area contributed by atoms with E-state index in [2.05, 4.69) is 4.90 Å². The number of amides is 1. The Kier molecular flexibility index (Phi) is 5.19. The summed E-state index contributed by atoms with van der Waals surface area (Å²) in [4.78, 5) is 16.3. The van der Waals surface area contributed by atoms with E-state index in [1.54, 1.807) is 4.90 Å². The van der Waals surface area contributed by atoms with Gasteiger partial charge in [-0.3, -0.25) is 9.69 Å². The maximum atomic E-state index is 12.4. The molecule has 128 valence electrons. The number of aliphatic hydroxyl groups is 1. The highest BCUT2D eigenvalue weighted by Gasteiger charge is 2.36. The van der Waals surface area contributed by atoms with Crippen molar-refractivity contribution in [1.82, 2.24) is 9.80 Å². The lowest BCUT2D eigenvalue weighted by Gasteiger charge is -2.38. The third kappa shape index (κ3) is 4.43. The Morgan fingerprint density at radius 1 is 1.23 bits per heavy atom. The molecule has 2 rings (SSSR count). The predicted molar refractivity (Wildman–Crippen MR) is 85.2 cm³/mol. The van der Waals surface area contributed by atoms with Gasteiger partial charge in [0.2, 0.25) is 5.91 Å². The molecule has 6 nitrogen and oxygen atoms in total. The van der Waals surface area contributed by atoms with E-state index in [0.29, 0.717) is 26.1 Å². The highest BCUT2D eigenvalue weighted by atomic mass is 32.2. The zero-order chi connectivity index (χ0) is 16.5. The molecule has 0 spiro atoms. The molecule has 2 saturated heterocycles. The molecule has 7 heteroatoms. The zero-order valence-electron chi connectivity index (χ0n) is 13.8. The first-order chi connectivity index (χ1) is 10.1. The van der Waals surface area contributed by atoms with Crippen molar-refractivity contribution in [3.05, 3.63) is 0 Å². The minimum absolute atomic E-state index is 0.00872. The number of β-amino-alcohol motifs (C(OH)–C–C–N with tert-alkyl or cyclic N) is 1. The number of carbonyl (C=O) groups excluding carboxylic acids is 1. The minimum Gasteiger partial charge on any atom is -0.391 e. The highest BCUT2D eigenvalue weighted by Crippen LogP contribution is 2.23. The number of hydrogen-bond donors (Lipinski definition) is 1. The fourth-order valence-corrected chi connectivity index (χ4v) is 4.65. The quantitative estimate of drug-likeness (QED) is 0.785. The lowest BCUT2D eigenvalue weighted by molar-refractivity contribution is -0.136. The fourth-order valence-electron chi connectivity index (χ4n) is 2.92. The van der Waals surface area contributed by atoms with E-state index in [-0.39, 0.29) is 28.7 Å². The van der Waals surface area contributed by atoms with Crippen molar-refractivity contribution >= 4 is 15.7 Å². The summed E-state index contributed by atoms with van der Waals surface area (Å²) >= 11 is 0. The monoisotopic (exact) mass is 332 g/mol.